The summed E-state index contributed by atoms with van der Waals surface area (Å²) in [5, 5.41) is 0. The monoisotopic (exact) mass is 392 g/mol. The summed E-state index contributed by atoms with van der Waals surface area (Å²) >= 11 is 3.28. The fraction of sp³-hybridized carbons (Fsp3) is 0.0625. The van der Waals surface area contributed by atoms with Crippen molar-refractivity contribution in [3.05, 3.63) is 71.2 Å². The average Bonchev–Trinajstić information content (AvgIpc) is 3.08. The number of hydrogen-bond donors (Lipinski definition) is 1. The highest BCUT2D eigenvalue weighted by atomic mass is 79.9. The van der Waals surface area contributed by atoms with Crippen LogP contribution in [-0.4, -0.2) is 13.4 Å². The molecule has 0 saturated heterocycles. The molecule has 2 aromatic heterocycles. The number of nitrogens with zero attached hydrogens (tertiary/aromatic N) is 1. The Morgan fingerprint density at radius 2 is 1.91 bits per heavy atom. The number of furan rings is 1. The van der Waals surface area contributed by atoms with Gasteiger partial charge in [-0.3, -0.25) is 4.98 Å². The molecule has 0 bridgehead atoms. The first-order valence-corrected chi connectivity index (χ1v) is 9.05. The summed E-state index contributed by atoms with van der Waals surface area (Å²) in [6.07, 6.45) is 4.88. The number of hydrogen-bond acceptors (Lipinski definition) is 4. The molecule has 0 aliphatic carbocycles. The lowest BCUT2D eigenvalue weighted by Gasteiger charge is -2.07. The Hall–Kier alpha value is -1.96. The molecule has 2 heterocycles. The molecule has 7 heteroatoms. The van der Waals surface area contributed by atoms with Crippen LogP contribution >= 0.6 is 15.9 Å². The number of aromatic nitrogens is 1. The van der Waals surface area contributed by atoms with Crippen molar-refractivity contribution in [3.8, 4) is 11.3 Å². The van der Waals surface area contributed by atoms with Gasteiger partial charge >= 0.3 is 0 Å². The van der Waals surface area contributed by atoms with E-state index in [-0.39, 0.29) is 11.4 Å². The summed E-state index contributed by atoms with van der Waals surface area (Å²) in [4.78, 5) is 4.34. The third-order valence-corrected chi connectivity index (χ3v) is 5.14. The van der Waals surface area contributed by atoms with Crippen LogP contribution in [0.25, 0.3) is 11.3 Å². The van der Waals surface area contributed by atoms with Crippen LogP contribution in [0.15, 0.2) is 74.9 Å². The van der Waals surface area contributed by atoms with E-state index >= 15 is 0 Å². The zero-order valence-corrected chi connectivity index (χ0v) is 14.3. The maximum absolute atomic E-state index is 12.3. The van der Waals surface area contributed by atoms with E-state index in [9.17, 15) is 8.42 Å². The second-order valence-electron chi connectivity index (χ2n) is 4.84. The zero-order valence-electron chi connectivity index (χ0n) is 11.9. The molecule has 0 saturated carbocycles. The Bertz CT molecular complexity index is 891. The minimum Gasteiger partial charge on any atom is -0.464 e. The van der Waals surface area contributed by atoms with Gasteiger partial charge in [0.25, 0.3) is 0 Å². The van der Waals surface area contributed by atoms with Crippen LogP contribution in [0.1, 0.15) is 5.56 Å². The van der Waals surface area contributed by atoms with Gasteiger partial charge in [0, 0.05) is 29.0 Å². The Kier molecular flexibility index (Phi) is 4.61. The van der Waals surface area contributed by atoms with Gasteiger partial charge in [-0.2, -0.15) is 0 Å². The predicted octanol–water partition coefficient (Wildman–Crippen LogP) is 3.58. The molecule has 0 fully saturated rings. The van der Waals surface area contributed by atoms with Crippen molar-refractivity contribution in [2.45, 2.75) is 11.4 Å². The van der Waals surface area contributed by atoms with E-state index < -0.39 is 10.0 Å². The number of sulfonamides is 1. The number of halogens is 1. The van der Waals surface area contributed by atoms with Crippen molar-refractivity contribution >= 4 is 26.0 Å². The van der Waals surface area contributed by atoms with E-state index in [0.29, 0.717) is 5.76 Å². The fourth-order valence-corrected chi connectivity index (χ4v) is 3.32. The molecule has 118 valence electrons. The highest BCUT2D eigenvalue weighted by molar-refractivity contribution is 9.10. The number of pyridine rings is 1. The molecule has 23 heavy (non-hydrogen) atoms. The fourth-order valence-electron chi connectivity index (χ4n) is 2.04. The van der Waals surface area contributed by atoms with Crippen LogP contribution in [0.5, 0.6) is 0 Å². The van der Waals surface area contributed by atoms with Gasteiger partial charge in [0.2, 0.25) is 10.0 Å². The van der Waals surface area contributed by atoms with Crippen LogP contribution in [-0.2, 0) is 16.6 Å². The van der Waals surface area contributed by atoms with Crippen molar-refractivity contribution in [2.24, 2.45) is 0 Å². The van der Waals surface area contributed by atoms with Crippen molar-refractivity contribution in [3.63, 3.8) is 0 Å². The molecule has 0 amide bonds. The lowest BCUT2D eigenvalue weighted by molar-refractivity contribution is 0.580. The second kappa shape index (κ2) is 6.66. The Morgan fingerprint density at radius 3 is 2.61 bits per heavy atom. The molecule has 0 radical (unpaired) electrons. The van der Waals surface area contributed by atoms with Gasteiger partial charge in [-0.1, -0.05) is 15.9 Å². The van der Waals surface area contributed by atoms with Gasteiger partial charge in [0.1, 0.15) is 5.76 Å². The zero-order chi connectivity index (χ0) is 16.3. The molecule has 1 N–H and O–H groups in total. The molecule has 0 aliphatic heterocycles. The van der Waals surface area contributed by atoms with Crippen molar-refractivity contribution < 1.29 is 12.8 Å². The Balaban J connectivity index is 1.75. The third-order valence-electron chi connectivity index (χ3n) is 3.19. The van der Waals surface area contributed by atoms with Gasteiger partial charge in [-0.25, -0.2) is 13.1 Å². The lowest BCUT2D eigenvalue weighted by Crippen LogP contribution is -2.23. The first-order valence-electron chi connectivity index (χ1n) is 6.78. The number of nitrogens with one attached hydrogen (secondary N) is 1. The predicted molar refractivity (Wildman–Crippen MR) is 90.1 cm³/mol. The molecule has 0 spiro atoms. The minimum atomic E-state index is -3.56. The summed E-state index contributed by atoms with van der Waals surface area (Å²) < 4.78 is 33.2. The second-order valence-corrected chi connectivity index (χ2v) is 7.52. The molecule has 3 aromatic rings. The van der Waals surface area contributed by atoms with Crippen molar-refractivity contribution in [1.82, 2.24) is 9.71 Å². The molecular weight excluding hydrogens is 380 g/mol. The Morgan fingerprint density at radius 1 is 1.13 bits per heavy atom. The standard InChI is InChI=1S/C16H13BrN2O3S/c17-14-3-5-15(6-4-14)23(20,21)19-10-12-8-13(11-18-9-12)16-2-1-7-22-16/h1-9,11,19H,10H2. The quantitative estimate of drug-likeness (QED) is 0.719. The maximum atomic E-state index is 12.3. The Labute approximate surface area is 142 Å². The van der Waals surface area contributed by atoms with E-state index in [2.05, 4.69) is 25.6 Å². The molecule has 3 rings (SSSR count). The summed E-state index contributed by atoms with van der Waals surface area (Å²) in [6.45, 7) is 0.153. The summed E-state index contributed by atoms with van der Waals surface area (Å²) in [7, 11) is -3.56. The largest absolute Gasteiger partial charge is 0.464 e. The lowest BCUT2D eigenvalue weighted by atomic mass is 10.2. The number of benzene rings is 1. The molecule has 1 aromatic carbocycles. The minimum absolute atomic E-state index is 0.153. The number of rotatable bonds is 5. The highest BCUT2D eigenvalue weighted by Crippen LogP contribution is 2.20. The first kappa shape index (κ1) is 15.9. The van der Waals surface area contributed by atoms with Crippen molar-refractivity contribution in [1.29, 1.82) is 0 Å². The van der Waals surface area contributed by atoms with Gasteiger partial charge in [0.15, 0.2) is 0 Å². The van der Waals surface area contributed by atoms with Crippen LogP contribution in [0.4, 0.5) is 0 Å². The average molecular weight is 393 g/mol. The van der Waals surface area contributed by atoms with Gasteiger partial charge in [0.05, 0.1) is 11.2 Å². The van der Waals surface area contributed by atoms with Crippen LogP contribution < -0.4 is 4.72 Å². The molecule has 0 aliphatic rings. The van der Waals surface area contributed by atoms with Gasteiger partial charge in [-0.05, 0) is 48.0 Å². The summed E-state index contributed by atoms with van der Waals surface area (Å²) in [5.41, 5.74) is 1.55. The van der Waals surface area contributed by atoms with Gasteiger partial charge < -0.3 is 4.42 Å². The maximum Gasteiger partial charge on any atom is 0.240 e. The van der Waals surface area contributed by atoms with Crippen molar-refractivity contribution in [2.75, 3.05) is 0 Å². The molecular formula is C16H13BrN2O3S. The first-order chi connectivity index (χ1) is 11.0. The van der Waals surface area contributed by atoms with E-state index in [4.69, 9.17) is 4.42 Å². The van der Waals surface area contributed by atoms with E-state index in [0.717, 1.165) is 15.6 Å². The smallest absolute Gasteiger partial charge is 0.240 e. The van der Waals surface area contributed by atoms with Crippen LogP contribution in [0.2, 0.25) is 0 Å². The summed E-state index contributed by atoms with van der Waals surface area (Å²) in [5.74, 6) is 0.690. The normalized spacial score (nSPS) is 11.5. The van der Waals surface area contributed by atoms with Crippen LogP contribution in [0.3, 0.4) is 0 Å². The van der Waals surface area contributed by atoms with Gasteiger partial charge in [-0.15, -0.1) is 0 Å². The highest BCUT2D eigenvalue weighted by Gasteiger charge is 2.13. The van der Waals surface area contributed by atoms with E-state index in [1.807, 2.05) is 12.1 Å². The molecule has 0 unspecified atom stereocenters. The third kappa shape index (κ3) is 3.87. The van der Waals surface area contributed by atoms with E-state index in [1.54, 1.807) is 49.0 Å². The SMILES string of the molecule is O=S(=O)(NCc1cncc(-c2ccco2)c1)c1ccc(Br)cc1. The van der Waals surface area contributed by atoms with Crippen LogP contribution in [0, 0.1) is 0 Å². The molecule has 0 atom stereocenters. The topological polar surface area (TPSA) is 72.2 Å². The molecule has 5 nitrogen and oxygen atoms in total. The summed E-state index contributed by atoms with van der Waals surface area (Å²) in [6, 6.07) is 11.9. The van der Waals surface area contributed by atoms with E-state index in [1.165, 1.54) is 0 Å².